The Morgan fingerprint density at radius 2 is 1.55 bits per heavy atom. The van der Waals surface area contributed by atoms with Crippen LogP contribution in [0.15, 0.2) is 72.8 Å². The molecular weight excluding hydrogens is 362 g/mol. The fraction of sp³-hybridized carbons (Fsp3) is 0.200. The molecule has 0 fully saturated rings. The smallest absolute Gasteiger partial charge is 0.341 e. The minimum atomic E-state index is -0.671. The Hall–Kier alpha value is -3.58. The first-order valence-corrected chi connectivity index (χ1v) is 9.39. The number of rotatable bonds is 5. The molecule has 0 aromatic heterocycles. The van der Waals surface area contributed by atoms with Gasteiger partial charge in [-0.3, -0.25) is 0 Å². The van der Waals surface area contributed by atoms with Gasteiger partial charge in [0.2, 0.25) is 0 Å². The first-order valence-electron chi connectivity index (χ1n) is 9.39. The molecule has 3 aromatic carbocycles. The molecule has 3 aromatic rings. The Labute approximate surface area is 171 Å². The maximum absolute atomic E-state index is 13.1. The third-order valence-electron chi connectivity index (χ3n) is 4.17. The van der Waals surface area contributed by atoms with Crippen LogP contribution in [-0.2, 0) is 11.3 Å². The van der Waals surface area contributed by atoms with Gasteiger partial charge in [0.05, 0.1) is 12.1 Å². The van der Waals surface area contributed by atoms with Crippen LogP contribution in [0.3, 0.4) is 0 Å². The van der Waals surface area contributed by atoms with E-state index in [4.69, 9.17) is 16.0 Å². The van der Waals surface area contributed by atoms with E-state index in [-0.39, 0.29) is 5.56 Å². The van der Waals surface area contributed by atoms with Gasteiger partial charge in [-0.15, -0.1) is 0 Å². The molecule has 0 atom stereocenters. The Kier molecular flexibility index (Phi) is 5.99. The van der Waals surface area contributed by atoms with E-state index in [1.54, 1.807) is 12.1 Å². The number of benzene rings is 3. The van der Waals surface area contributed by atoms with Gasteiger partial charge in [-0.2, -0.15) is 0 Å². The van der Waals surface area contributed by atoms with E-state index < -0.39 is 11.6 Å². The molecule has 3 rings (SSSR count). The van der Waals surface area contributed by atoms with Gasteiger partial charge in [-0.05, 0) is 38.0 Å². The molecule has 0 saturated carbocycles. The number of ether oxygens (including phenoxy) is 2. The van der Waals surface area contributed by atoms with Crippen LogP contribution in [-0.4, -0.2) is 11.6 Å². The molecule has 0 amide bonds. The Balaban J connectivity index is 2.12. The van der Waals surface area contributed by atoms with Crippen molar-refractivity contribution >= 4 is 11.7 Å². The topological polar surface area (TPSA) is 39.9 Å². The number of hydrogen-bond acceptors (Lipinski definition) is 3. The lowest BCUT2D eigenvalue weighted by Gasteiger charge is -2.23. The molecule has 0 N–H and O–H groups in total. The van der Waals surface area contributed by atoms with Crippen molar-refractivity contribution < 1.29 is 14.3 Å². The summed E-state index contributed by atoms with van der Waals surface area (Å²) in [5.41, 5.74) is 2.26. The van der Waals surface area contributed by atoms with Crippen LogP contribution in [0, 0.1) is 6.57 Å². The van der Waals surface area contributed by atoms with E-state index in [0.29, 0.717) is 23.6 Å². The molecule has 4 nitrogen and oxygen atoms in total. The van der Waals surface area contributed by atoms with Crippen molar-refractivity contribution in [3.8, 4) is 16.9 Å². The second-order valence-electron chi connectivity index (χ2n) is 7.59. The summed E-state index contributed by atoms with van der Waals surface area (Å²) in [6.45, 7) is 13.3. The van der Waals surface area contributed by atoms with Crippen LogP contribution >= 0.6 is 0 Å². The van der Waals surface area contributed by atoms with Crippen molar-refractivity contribution in [1.82, 2.24) is 0 Å². The zero-order valence-corrected chi connectivity index (χ0v) is 16.8. The average Bonchev–Trinajstić information content (AvgIpc) is 2.71. The van der Waals surface area contributed by atoms with Crippen molar-refractivity contribution in [2.75, 3.05) is 0 Å². The van der Waals surface area contributed by atoms with Gasteiger partial charge in [0.1, 0.15) is 18.0 Å². The van der Waals surface area contributed by atoms with Crippen LogP contribution < -0.4 is 4.74 Å². The van der Waals surface area contributed by atoms with E-state index >= 15 is 0 Å². The minimum absolute atomic E-state index is 0.274. The number of carbonyl (C=O) groups is 1. The van der Waals surface area contributed by atoms with Crippen molar-refractivity contribution in [1.29, 1.82) is 0 Å². The summed E-state index contributed by atoms with van der Waals surface area (Å²) in [6, 6.07) is 22.5. The van der Waals surface area contributed by atoms with E-state index in [2.05, 4.69) is 4.85 Å². The number of hydrogen-bond donors (Lipinski definition) is 0. The Morgan fingerprint density at radius 3 is 2.14 bits per heavy atom. The first kappa shape index (κ1) is 20.2. The van der Waals surface area contributed by atoms with Gasteiger partial charge < -0.3 is 9.47 Å². The monoisotopic (exact) mass is 385 g/mol. The molecule has 0 saturated heterocycles. The number of esters is 1. The minimum Gasteiger partial charge on any atom is -0.488 e. The molecule has 0 spiro atoms. The van der Waals surface area contributed by atoms with E-state index in [1.807, 2.05) is 81.4 Å². The molecule has 4 heteroatoms. The van der Waals surface area contributed by atoms with Gasteiger partial charge in [-0.25, -0.2) is 9.64 Å². The first-order chi connectivity index (χ1) is 13.9. The van der Waals surface area contributed by atoms with Gasteiger partial charge in [0.15, 0.2) is 5.69 Å². The maximum atomic E-state index is 13.1. The summed E-state index contributed by atoms with van der Waals surface area (Å²) >= 11 is 0. The summed E-state index contributed by atoms with van der Waals surface area (Å²) in [5, 5.41) is 0. The van der Waals surface area contributed by atoms with Gasteiger partial charge in [0, 0.05) is 5.56 Å². The summed E-state index contributed by atoms with van der Waals surface area (Å²) < 4.78 is 11.7. The van der Waals surface area contributed by atoms with Gasteiger partial charge >= 0.3 is 5.97 Å². The molecule has 146 valence electrons. The van der Waals surface area contributed by atoms with E-state index in [0.717, 1.165) is 11.1 Å². The number of carbonyl (C=O) groups excluding carboxylic acids is 1. The zero-order chi connectivity index (χ0) is 20.9. The van der Waals surface area contributed by atoms with E-state index in [1.165, 1.54) is 0 Å². The van der Waals surface area contributed by atoms with Crippen LogP contribution in [0.5, 0.6) is 5.75 Å². The second kappa shape index (κ2) is 8.62. The van der Waals surface area contributed by atoms with Crippen molar-refractivity contribution in [2.24, 2.45) is 0 Å². The molecule has 29 heavy (non-hydrogen) atoms. The molecule has 0 bridgehead atoms. The largest absolute Gasteiger partial charge is 0.488 e. The van der Waals surface area contributed by atoms with Crippen LogP contribution in [0.4, 0.5) is 5.69 Å². The predicted molar refractivity (Wildman–Crippen MR) is 114 cm³/mol. The average molecular weight is 385 g/mol. The molecule has 0 aliphatic carbocycles. The normalized spacial score (nSPS) is 10.8. The molecular formula is C25H23NO3. The predicted octanol–water partition coefficient (Wildman–Crippen LogP) is 6.44. The third-order valence-corrected chi connectivity index (χ3v) is 4.17. The lowest BCUT2D eigenvalue weighted by atomic mass is 9.96. The molecule has 0 heterocycles. The Bertz CT molecular complexity index is 1030. The lowest BCUT2D eigenvalue weighted by molar-refractivity contribution is 0.00665. The van der Waals surface area contributed by atoms with Crippen LogP contribution in [0.25, 0.3) is 16.0 Å². The SMILES string of the molecule is [C-]#[N+]c1ccc(OCc2ccccc2)c(C(=O)OC(C)(C)C)c1-c1ccccc1. The quantitative estimate of drug-likeness (QED) is 0.375. The highest BCUT2D eigenvalue weighted by atomic mass is 16.6. The Morgan fingerprint density at radius 1 is 0.931 bits per heavy atom. The summed E-state index contributed by atoms with van der Waals surface area (Å²) in [6.07, 6.45) is 0. The lowest BCUT2D eigenvalue weighted by Crippen LogP contribution is -2.24. The summed E-state index contributed by atoms with van der Waals surface area (Å²) in [4.78, 5) is 16.8. The highest BCUT2D eigenvalue weighted by Gasteiger charge is 2.27. The van der Waals surface area contributed by atoms with Crippen LogP contribution in [0.2, 0.25) is 0 Å². The summed E-state index contributed by atoms with van der Waals surface area (Å²) in [7, 11) is 0. The maximum Gasteiger partial charge on any atom is 0.341 e. The number of nitrogens with zero attached hydrogens (tertiary/aromatic N) is 1. The fourth-order valence-electron chi connectivity index (χ4n) is 2.95. The van der Waals surface area contributed by atoms with Gasteiger partial charge in [-0.1, -0.05) is 66.7 Å². The van der Waals surface area contributed by atoms with E-state index in [9.17, 15) is 4.79 Å². The third kappa shape index (κ3) is 5.03. The highest BCUT2D eigenvalue weighted by Crippen LogP contribution is 2.40. The van der Waals surface area contributed by atoms with Crippen molar-refractivity contribution in [3.05, 3.63) is 95.3 Å². The molecule has 0 aliphatic rings. The summed E-state index contributed by atoms with van der Waals surface area (Å²) in [5.74, 6) is -0.112. The van der Waals surface area contributed by atoms with Gasteiger partial charge in [0.25, 0.3) is 0 Å². The molecule has 0 unspecified atom stereocenters. The highest BCUT2D eigenvalue weighted by molar-refractivity contribution is 6.04. The molecule has 0 radical (unpaired) electrons. The zero-order valence-electron chi connectivity index (χ0n) is 16.8. The van der Waals surface area contributed by atoms with Crippen molar-refractivity contribution in [2.45, 2.75) is 33.0 Å². The molecule has 0 aliphatic heterocycles. The second-order valence-corrected chi connectivity index (χ2v) is 7.59. The fourth-order valence-corrected chi connectivity index (χ4v) is 2.95. The standard InChI is InChI=1S/C25H23NO3/c1-25(2,3)29-24(27)23-21(28-17-18-11-7-5-8-12-18)16-15-20(26-4)22(23)19-13-9-6-10-14-19/h5-16H,17H2,1-3H3. The van der Waals surface area contributed by atoms with Crippen LogP contribution in [0.1, 0.15) is 36.7 Å². The van der Waals surface area contributed by atoms with Crippen molar-refractivity contribution in [3.63, 3.8) is 0 Å².